The van der Waals surface area contributed by atoms with E-state index in [0.717, 1.165) is 24.8 Å². The fourth-order valence-corrected chi connectivity index (χ4v) is 2.79. The van der Waals surface area contributed by atoms with E-state index in [1.165, 1.54) is 24.6 Å². The van der Waals surface area contributed by atoms with Crippen LogP contribution in [0.25, 0.3) is 0 Å². The highest BCUT2D eigenvalue weighted by Crippen LogP contribution is 2.15. The molecule has 0 aliphatic carbocycles. The number of nitrogens with zero attached hydrogens (tertiary/aromatic N) is 1. The summed E-state index contributed by atoms with van der Waals surface area (Å²) in [4.78, 5) is 16.3. The number of nitrogens with two attached hydrogens (primary N) is 1. The van der Waals surface area contributed by atoms with Crippen LogP contribution in [0.3, 0.4) is 0 Å². The maximum absolute atomic E-state index is 12.2. The van der Waals surface area contributed by atoms with E-state index in [9.17, 15) is 13.2 Å². The van der Waals surface area contributed by atoms with E-state index in [-0.39, 0.29) is 10.6 Å². The number of nitrogens with one attached hydrogen (secondary N) is 1. The third kappa shape index (κ3) is 5.14. The van der Waals surface area contributed by atoms with Crippen molar-refractivity contribution in [3.8, 4) is 0 Å². The summed E-state index contributed by atoms with van der Waals surface area (Å²) >= 11 is 0. The van der Waals surface area contributed by atoms with Crippen LogP contribution < -0.4 is 10.5 Å². The Morgan fingerprint density at radius 3 is 2.62 bits per heavy atom. The summed E-state index contributed by atoms with van der Waals surface area (Å²) in [6.45, 7) is 2.15. The zero-order chi connectivity index (χ0) is 17.6. The number of aromatic nitrogens is 1. The van der Waals surface area contributed by atoms with Gasteiger partial charge in [0.05, 0.1) is 4.90 Å². The van der Waals surface area contributed by atoms with Crippen LogP contribution in [-0.4, -0.2) is 19.3 Å². The minimum absolute atomic E-state index is 0.0560. The standard InChI is InChI=1S/C17H21N3O3S/c1-2-3-4-6-13-9-10-16(19-12-13)17(21)20-14-7-5-8-15(11-14)24(18,22)23/h5,7-12H,2-4,6H2,1H3,(H,20,21)(H2,18,22,23). The predicted octanol–water partition coefficient (Wildman–Crippen LogP) is 2.71. The Labute approximate surface area is 142 Å². The Balaban J connectivity index is 2.04. The molecule has 1 heterocycles. The topological polar surface area (TPSA) is 102 Å². The largest absolute Gasteiger partial charge is 0.321 e. The van der Waals surface area contributed by atoms with E-state index in [1.807, 2.05) is 6.07 Å². The van der Waals surface area contributed by atoms with E-state index in [1.54, 1.807) is 18.3 Å². The van der Waals surface area contributed by atoms with Crippen LogP contribution >= 0.6 is 0 Å². The first-order chi connectivity index (χ1) is 11.4. The van der Waals surface area contributed by atoms with Crippen LogP contribution in [0.5, 0.6) is 0 Å². The van der Waals surface area contributed by atoms with Gasteiger partial charge in [-0.1, -0.05) is 31.9 Å². The van der Waals surface area contributed by atoms with Crippen LogP contribution in [0.2, 0.25) is 0 Å². The molecule has 0 unspecified atom stereocenters. The molecule has 7 heteroatoms. The van der Waals surface area contributed by atoms with Crippen molar-refractivity contribution in [3.63, 3.8) is 0 Å². The maximum Gasteiger partial charge on any atom is 0.274 e. The summed E-state index contributed by atoms with van der Waals surface area (Å²) in [6, 6.07) is 9.34. The highest BCUT2D eigenvalue weighted by atomic mass is 32.2. The van der Waals surface area contributed by atoms with Gasteiger partial charge in [0, 0.05) is 11.9 Å². The molecule has 1 aromatic carbocycles. The Hall–Kier alpha value is -2.25. The number of hydrogen-bond acceptors (Lipinski definition) is 4. The first-order valence-corrected chi connectivity index (χ1v) is 9.34. The summed E-state index contributed by atoms with van der Waals surface area (Å²) in [6.07, 6.45) is 6.07. The van der Waals surface area contributed by atoms with Crippen LogP contribution in [-0.2, 0) is 16.4 Å². The zero-order valence-corrected chi connectivity index (χ0v) is 14.3. The summed E-state index contributed by atoms with van der Waals surface area (Å²) in [5.41, 5.74) is 1.71. The number of hydrogen-bond donors (Lipinski definition) is 2. The number of pyridine rings is 1. The number of carbonyl (C=O) groups excluding carboxylic acids is 1. The Bertz CT molecular complexity index is 802. The highest BCUT2D eigenvalue weighted by Gasteiger charge is 2.11. The summed E-state index contributed by atoms with van der Waals surface area (Å²) in [5, 5.41) is 7.70. The van der Waals surface area contributed by atoms with E-state index >= 15 is 0 Å². The number of amides is 1. The van der Waals surface area contributed by atoms with Gasteiger partial charge in [-0.05, 0) is 42.7 Å². The number of rotatable bonds is 7. The molecule has 2 rings (SSSR count). The van der Waals surface area contributed by atoms with Crippen LogP contribution in [0, 0.1) is 0 Å². The predicted molar refractivity (Wildman–Crippen MR) is 93.2 cm³/mol. The molecule has 0 spiro atoms. The molecule has 128 valence electrons. The van der Waals surface area contributed by atoms with Gasteiger partial charge in [-0.25, -0.2) is 13.6 Å². The second-order valence-corrected chi connectivity index (χ2v) is 7.10. The van der Waals surface area contributed by atoms with E-state index < -0.39 is 15.9 Å². The normalized spacial score (nSPS) is 11.2. The summed E-state index contributed by atoms with van der Waals surface area (Å²) in [5.74, 6) is -0.401. The molecule has 0 aliphatic rings. The van der Waals surface area contributed by atoms with Gasteiger partial charge >= 0.3 is 0 Å². The number of anilines is 1. The lowest BCUT2D eigenvalue weighted by atomic mass is 10.1. The molecular weight excluding hydrogens is 326 g/mol. The lowest BCUT2D eigenvalue weighted by Gasteiger charge is -2.07. The Kier molecular flexibility index (Phi) is 6.05. The fraction of sp³-hybridized carbons (Fsp3) is 0.294. The van der Waals surface area contributed by atoms with Gasteiger partial charge in [0.1, 0.15) is 5.69 Å². The first kappa shape index (κ1) is 18.1. The molecule has 0 fully saturated rings. The Morgan fingerprint density at radius 1 is 1.21 bits per heavy atom. The van der Waals surface area contributed by atoms with Gasteiger partial charge in [-0.15, -0.1) is 0 Å². The molecule has 6 nitrogen and oxygen atoms in total. The molecule has 1 aromatic heterocycles. The van der Waals surface area contributed by atoms with Crippen molar-refractivity contribution in [2.24, 2.45) is 5.14 Å². The molecule has 0 bridgehead atoms. The number of sulfonamides is 1. The lowest BCUT2D eigenvalue weighted by Crippen LogP contribution is -2.15. The lowest BCUT2D eigenvalue weighted by molar-refractivity contribution is 0.102. The number of unbranched alkanes of at least 4 members (excludes halogenated alkanes) is 2. The average Bonchev–Trinajstić information content (AvgIpc) is 2.55. The van der Waals surface area contributed by atoms with E-state index in [2.05, 4.69) is 17.2 Å². The second-order valence-electron chi connectivity index (χ2n) is 5.54. The van der Waals surface area contributed by atoms with E-state index in [0.29, 0.717) is 5.69 Å². The SMILES string of the molecule is CCCCCc1ccc(C(=O)Nc2cccc(S(N)(=O)=O)c2)nc1. The van der Waals surface area contributed by atoms with Gasteiger partial charge < -0.3 is 5.32 Å². The highest BCUT2D eigenvalue weighted by molar-refractivity contribution is 7.89. The molecule has 0 saturated heterocycles. The average molecular weight is 347 g/mol. The van der Waals surface area contributed by atoms with Gasteiger partial charge in [0.2, 0.25) is 10.0 Å². The quantitative estimate of drug-likeness (QED) is 0.752. The molecule has 0 radical (unpaired) electrons. The van der Waals surface area contributed by atoms with Crippen LogP contribution in [0.4, 0.5) is 5.69 Å². The van der Waals surface area contributed by atoms with Crippen molar-refractivity contribution in [1.29, 1.82) is 0 Å². The molecule has 0 aliphatic heterocycles. The van der Waals surface area contributed by atoms with Crippen LogP contribution in [0.1, 0.15) is 42.2 Å². The third-order valence-corrected chi connectivity index (χ3v) is 4.46. The summed E-state index contributed by atoms with van der Waals surface area (Å²) in [7, 11) is -3.81. The molecule has 0 atom stereocenters. The van der Waals surface area contributed by atoms with Crippen molar-refractivity contribution >= 4 is 21.6 Å². The minimum Gasteiger partial charge on any atom is -0.321 e. The van der Waals surface area contributed by atoms with Crippen LogP contribution in [0.15, 0.2) is 47.5 Å². The second kappa shape index (κ2) is 8.03. The van der Waals surface area contributed by atoms with Crippen molar-refractivity contribution in [3.05, 3.63) is 53.9 Å². The third-order valence-electron chi connectivity index (χ3n) is 3.55. The Morgan fingerprint density at radius 2 is 2.00 bits per heavy atom. The van der Waals surface area contributed by atoms with Gasteiger partial charge in [0.25, 0.3) is 5.91 Å². The number of primary sulfonamides is 1. The molecule has 0 saturated carbocycles. The van der Waals surface area contributed by atoms with Crippen molar-refractivity contribution in [2.75, 3.05) is 5.32 Å². The number of carbonyl (C=O) groups is 1. The van der Waals surface area contributed by atoms with E-state index in [4.69, 9.17) is 5.14 Å². The maximum atomic E-state index is 12.2. The van der Waals surface area contributed by atoms with Gasteiger partial charge in [-0.2, -0.15) is 0 Å². The van der Waals surface area contributed by atoms with Gasteiger partial charge in [0.15, 0.2) is 0 Å². The summed E-state index contributed by atoms with van der Waals surface area (Å²) < 4.78 is 22.7. The van der Waals surface area contributed by atoms with Crippen molar-refractivity contribution in [2.45, 2.75) is 37.5 Å². The van der Waals surface area contributed by atoms with Gasteiger partial charge in [-0.3, -0.25) is 9.78 Å². The molecular formula is C17H21N3O3S. The van der Waals surface area contributed by atoms with Crippen molar-refractivity contribution < 1.29 is 13.2 Å². The molecule has 3 N–H and O–H groups in total. The monoisotopic (exact) mass is 347 g/mol. The zero-order valence-electron chi connectivity index (χ0n) is 13.5. The number of benzene rings is 1. The molecule has 1 amide bonds. The molecule has 24 heavy (non-hydrogen) atoms. The fourth-order valence-electron chi connectivity index (χ4n) is 2.23. The first-order valence-electron chi connectivity index (χ1n) is 7.79. The van der Waals surface area contributed by atoms with Crippen molar-refractivity contribution in [1.82, 2.24) is 4.98 Å². The number of aryl methyl sites for hydroxylation is 1. The minimum atomic E-state index is -3.81. The smallest absolute Gasteiger partial charge is 0.274 e. The molecule has 2 aromatic rings.